The van der Waals surface area contributed by atoms with Crippen LogP contribution in [0.25, 0.3) is 0 Å². The topological polar surface area (TPSA) is 61.7 Å². The molecule has 0 spiro atoms. The van der Waals surface area contributed by atoms with E-state index in [2.05, 4.69) is 49.0 Å². The number of carbonyl (C=O) groups excluding carboxylic acids is 1. The number of hydrogen-bond acceptors (Lipinski definition) is 3. The number of phenolic OH excluding ortho intramolecular Hbond substituents is 1. The molecule has 2 aromatic rings. The van der Waals surface area contributed by atoms with Crippen molar-refractivity contribution in [2.45, 2.75) is 0 Å². The number of nitrogens with one attached hydrogen (secondary N) is 1. The Morgan fingerprint density at radius 3 is 2.57 bits per heavy atom. The molecule has 21 heavy (non-hydrogen) atoms. The van der Waals surface area contributed by atoms with E-state index >= 15 is 0 Å². The summed E-state index contributed by atoms with van der Waals surface area (Å²) in [5.74, 6) is -0.156. The van der Waals surface area contributed by atoms with Crippen LogP contribution in [0.1, 0.15) is 15.9 Å². The zero-order valence-electron chi connectivity index (χ0n) is 10.5. The molecule has 0 aliphatic carbocycles. The molecule has 2 rings (SSSR count). The van der Waals surface area contributed by atoms with Crippen LogP contribution >= 0.6 is 61.1 Å². The molecule has 0 saturated carbocycles. The van der Waals surface area contributed by atoms with Crippen LogP contribution in [-0.4, -0.2) is 17.2 Å². The molecule has 0 heterocycles. The molecule has 2 N–H and O–H groups in total. The Balaban J connectivity index is 2.09. The lowest BCUT2D eigenvalue weighted by molar-refractivity contribution is 0.0955. The summed E-state index contributed by atoms with van der Waals surface area (Å²) in [6, 6.07) is 10.6. The maximum Gasteiger partial charge on any atom is 0.271 e. The first-order valence-corrected chi connectivity index (χ1v) is 8.69. The highest BCUT2D eigenvalue weighted by molar-refractivity contribution is 14.1. The van der Waals surface area contributed by atoms with Crippen molar-refractivity contribution in [3.05, 3.63) is 59.1 Å². The highest BCUT2D eigenvalue weighted by Gasteiger charge is 2.06. The summed E-state index contributed by atoms with van der Waals surface area (Å²) in [4.78, 5) is 11.9. The van der Waals surface area contributed by atoms with Gasteiger partial charge in [-0.1, -0.05) is 15.9 Å². The van der Waals surface area contributed by atoms with Crippen LogP contribution in [-0.2, 0) is 0 Å². The molecule has 2 aromatic carbocycles. The number of phenols is 1. The number of benzene rings is 2. The molecule has 0 saturated heterocycles. The molecule has 0 unspecified atom stereocenters. The van der Waals surface area contributed by atoms with Gasteiger partial charge in [0.2, 0.25) is 0 Å². The first-order valence-electron chi connectivity index (χ1n) is 5.74. The van der Waals surface area contributed by atoms with E-state index in [1.807, 2.05) is 28.7 Å². The monoisotopic (exact) mass is 570 g/mol. The number of carbonyl (C=O) groups is 1. The summed E-state index contributed by atoms with van der Waals surface area (Å²) in [5, 5.41) is 13.8. The molecule has 0 aliphatic heterocycles. The largest absolute Gasteiger partial charge is 0.506 e. The van der Waals surface area contributed by atoms with Crippen molar-refractivity contribution in [2.75, 3.05) is 0 Å². The van der Waals surface area contributed by atoms with Crippen molar-refractivity contribution in [3.8, 4) is 5.75 Å². The number of nitrogens with zero attached hydrogens (tertiary/aromatic N) is 1. The predicted octanol–water partition coefficient (Wildman–Crippen LogP) is 4.13. The quantitative estimate of drug-likeness (QED) is 0.331. The summed E-state index contributed by atoms with van der Waals surface area (Å²) in [5.41, 5.74) is 3.50. The Kier molecular flexibility index (Phi) is 5.99. The summed E-state index contributed by atoms with van der Waals surface area (Å²) >= 11 is 7.51. The van der Waals surface area contributed by atoms with Crippen LogP contribution in [0.5, 0.6) is 5.75 Å². The smallest absolute Gasteiger partial charge is 0.271 e. The van der Waals surface area contributed by atoms with Gasteiger partial charge in [-0.2, -0.15) is 5.10 Å². The number of hydrogen-bond donors (Lipinski definition) is 2. The molecular weight excluding hydrogens is 562 g/mol. The lowest BCUT2D eigenvalue weighted by atomic mass is 10.2. The molecule has 0 aromatic heterocycles. The van der Waals surface area contributed by atoms with Gasteiger partial charge < -0.3 is 5.11 Å². The van der Waals surface area contributed by atoms with Crippen LogP contribution in [0, 0.1) is 7.14 Å². The van der Waals surface area contributed by atoms with Crippen LogP contribution in [0.15, 0.2) is 46.0 Å². The van der Waals surface area contributed by atoms with E-state index < -0.39 is 0 Å². The zero-order chi connectivity index (χ0) is 15.4. The van der Waals surface area contributed by atoms with Gasteiger partial charge in [0.25, 0.3) is 5.91 Å². The second kappa shape index (κ2) is 7.54. The zero-order valence-corrected chi connectivity index (χ0v) is 16.4. The fourth-order valence-electron chi connectivity index (χ4n) is 1.51. The molecule has 0 atom stereocenters. The van der Waals surface area contributed by atoms with Gasteiger partial charge in [-0.05, 0) is 81.6 Å². The lowest BCUT2D eigenvalue weighted by Crippen LogP contribution is -2.17. The number of amides is 1. The standard InChI is InChI=1S/C14H9BrI2N2O2/c15-10-3-1-8(2-4-10)14(21)19-18-7-9-5-11(16)6-12(17)13(9)20/h1-7,20H,(H,19,21)/b18-7+. The molecule has 4 nitrogen and oxygen atoms in total. The molecule has 0 fully saturated rings. The molecule has 7 heteroatoms. The first kappa shape index (κ1) is 16.7. The van der Waals surface area contributed by atoms with Crippen molar-refractivity contribution < 1.29 is 9.90 Å². The summed E-state index contributed by atoms with van der Waals surface area (Å²) in [7, 11) is 0. The second-order valence-electron chi connectivity index (χ2n) is 4.03. The van der Waals surface area contributed by atoms with E-state index in [4.69, 9.17) is 0 Å². The fourth-order valence-corrected chi connectivity index (χ4v) is 3.66. The SMILES string of the molecule is O=C(N/N=C/c1cc(I)cc(I)c1O)c1ccc(Br)cc1. The fraction of sp³-hybridized carbons (Fsp3) is 0. The third-order valence-corrected chi connectivity index (χ3v) is 4.51. The van der Waals surface area contributed by atoms with E-state index in [1.165, 1.54) is 6.21 Å². The second-order valence-corrected chi connectivity index (χ2v) is 7.35. The number of rotatable bonds is 3. The average molecular weight is 571 g/mol. The first-order chi connectivity index (χ1) is 9.97. The third kappa shape index (κ3) is 4.65. The van der Waals surface area contributed by atoms with Crippen molar-refractivity contribution in [1.82, 2.24) is 5.43 Å². The molecular formula is C14H9BrI2N2O2. The number of halogens is 3. The Labute approximate surface area is 157 Å². The lowest BCUT2D eigenvalue weighted by Gasteiger charge is -2.03. The average Bonchev–Trinajstić information content (AvgIpc) is 2.44. The minimum absolute atomic E-state index is 0.151. The van der Waals surface area contributed by atoms with Gasteiger partial charge in [0.1, 0.15) is 5.75 Å². The Hall–Kier alpha value is -0.680. The van der Waals surface area contributed by atoms with Gasteiger partial charge in [0.15, 0.2) is 0 Å². The molecule has 108 valence electrons. The summed E-state index contributed by atoms with van der Waals surface area (Å²) in [6.07, 6.45) is 1.43. The Bertz CT molecular complexity index is 703. The van der Waals surface area contributed by atoms with E-state index in [0.29, 0.717) is 11.1 Å². The van der Waals surface area contributed by atoms with Crippen LogP contribution in [0.4, 0.5) is 0 Å². The maximum atomic E-state index is 11.9. The van der Waals surface area contributed by atoms with Gasteiger partial charge >= 0.3 is 0 Å². The summed E-state index contributed by atoms with van der Waals surface area (Å²) in [6.45, 7) is 0. The minimum atomic E-state index is -0.307. The van der Waals surface area contributed by atoms with Gasteiger partial charge in [-0.25, -0.2) is 5.43 Å². The molecule has 1 amide bonds. The van der Waals surface area contributed by atoms with E-state index in [9.17, 15) is 9.90 Å². The van der Waals surface area contributed by atoms with Crippen molar-refractivity contribution in [2.24, 2.45) is 5.10 Å². The highest BCUT2D eigenvalue weighted by Crippen LogP contribution is 2.25. The number of aromatic hydroxyl groups is 1. The van der Waals surface area contributed by atoms with E-state index in [1.54, 1.807) is 30.3 Å². The van der Waals surface area contributed by atoms with Gasteiger partial charge in [-0.15, -0.1) is 0 Å². The van der Waals surface area contributed by atoms with Crippen molar-refractivity contribution >= 4 is 73.2 Å². The summed E-state index contributed by atoms with van der Waals surface area (Å²) < 4.78 is 2.62. The van der Waals surface area contributed by atoms with Gasteiger partial charge in [-0.3, -0.25) is 4.79 Å². The van der Waals surface area contributed by atoms with Crippen LogP contribution in [0.2, 0.25) is 0 Å². The normalized spacial score (nSPS) is 10.8. The highest BCUT2D eigenvalue weighted by atomic mass is 127. The molecule has 0 aliphatic rings. The van der Waals surface area contributed by atoms with Gasteiger partial charge in [0.05, 0.1) is 9.78 Å². The maximum absolute atomic E-state index is 11.9. The molecule has 0 bridgehead atoms. The van der Waals surface area contributed by atoms with Gasteiger partial charge in [0, 0.05) is 19.2 Å². The molecule has 0 radical (unpaired) electrons. The number of hydrazone groups is 1. The van der Waals surface area contributed by atoms with Crippen molar-refractivity contribution in [3.63, 3.8) is 0 Å². The van der Waals surface area contributed by atoms with Crippen LogP contribution in [0.3, 0.4) is 0 Å². The predicted molar refractivity (Wildman–Crippen MR) is 103 cm³/mol. The van der Waals surface area contributed by atoms with E-state index in [-0.39, 0.29) is 11.7 Å². The van der Waals surface area contributed by atoms with Crippen molar-refractivity contribution in [1.29, 1.82) is 0 Å². The van der Waals surface area contributed by atoms with Crippen LogP contribution < -0.4 is 5.43 Å². The van der Waals surface area contributed by atoms with E-state index in [0.717, 1.165) is 11.6 Å². The Morgan fingerprint density at radius 2 is 1.90 bits per heavy atom. The third-order valence-electron chi connectivity index (χ3n) is 2.53. The minimum Gasteiger partial charge on any atom is -0.506 e. The Morgan fingerprint density at radius 1 is 1.24 bits per heavy atom.